The fraction of sp³-hybridized carbons (Fsp3) is 0.409. The van der Waals surface area contributed by atoms with E-state index in [1.165, 1.54) is 36.9 Å². The Balaban J connectivity index is 1.79. The van der Waals surface area contributed by atoms with Crippen molar-refractivity contribution in [3.05, 3.63) is 46.6 Å². The molecule has 4 atom stereocenters. The van der Waals surface area contributed by atoms with Crippen molar-refractivity contribution in [1.29, 1.82) is 0 Å². The van der Waals surface area contributed by atoms with Crippen molar-refractivity contribution < 1.29 is 36.4 Å². The number of hydrogen-bond acceptors (Lipinski definition) is 11. The topological polar surface area (TPSA) is 152 Å². The first-order chi connectivity index (χ1) is 17.0. The van der Waals surface area contributed by atoms with Crippen LogP contribution < -0.4 is 0 Å². The van der Waals surface area contributed by atoms with Crippen LogP contribution in [0.1, 0.15) is 31.3 Å². The van der Waals surface area contributed by atoms with Crippen LogP contribution >= 0.6 is 12.2 Å². The third-order valence-corrected chi connectivity index (χ3v) is 7.20. The van der Waals surface area contributed by atoms with Gasteiger partial charge in [-0.2, -0.15) is 13.4 Å². The van der Waals surface area contributed by atoms with Gasteiger partial charge in [0.1, 0.15) is 24.3 Å². The second-order valence-electron chi connectivity index (χ2n) is 8.22. The number of imidazole rings is 1. The molecule has 0 radical (unpaired) electrons. The number of nitrogens with one attached hydrogen (secondary N) is 1. The number of rotatable bonds is 7. The summed E-state index contributed by atoms with van der Waals surface area (Å²) in [6, 6.07) is 6.04. The Morgan fingerprint density at radius 3 is 2.47 bits per heavy atom. The average molecular weight is 537 g/mol. The molecule has 1 aliphatic heterocycles. The minimum absolute atomic E-state index is 0.0579. The Bertz CT molecular complexity index is 1470. The molecule has 4 rings (SSSR count). The predicted octanol–water partition coefficient (Wildman–Crippen LogP) is 2.27. The van der Waals surface area contributed by atoms with E-state index in [0.717, 1.165) is 5.56 Å². The highest BCUT2D eigenvalue weighted by Crippen LogP contribution is 2.37. The van der Waals surface area contributed by atoms with Crippen LogP contribution in [-0.4, -0.2) is 64.8 Å². The van der Waals surface area contributed by atoms with Crippen LogP contribution in [0.4, 0.5) is 0 Å². The summed E-state index contributed by atoms with van der Waals surface area (Å²) in [4.78, 5) is 34.8. The normalized spacial score (nSPS) is 22.0. The molecular formula is C22H24N4O8S2. The number of fused-ring (bicyclic) bond motifs is 1. The van der Waals surface area contributed by atoms with Gasteiger partial charge in [0.25, 0.3) is 10.1 Å². The lowest BCUT2D eigenvalue weighted by molar-refractivity contribution is -0.155. The summed E-state index contributed by atoms with van der Waals surface area (Å²) in [5.74, 6) is -1.32. The van der Waals surface area contributed by atoms with Crippen molar-refractivity contribution in [1.82, 2.24) is 19.5 Å². The molecule has 2 aromatic heterocycles. The first kappa shape index (κ1) is 25.9. The van der Waals surface area contributed by atoms with Crippen molar-refractivity contribution in [3.8, 4) is 0 Å². The molecule has 0 bridgehead atoms. The van der Waals surface area contributed by atoms with Gasteiger partial charge in [-0.3, -0.25) is 18.3 Å². The first-order valence-electron chi connectivity index (χ1n) is 10.9. The number of H-pyrrole nitrogens is 1. The molecule has 12 nitrogen and oxygen atoms in total. The minimum atomic E-state index is -4.33. The Morgan fingerprint density at radius 1 is 1.14 bits per heavy atom. The zero-order valence-corrected chi connectivity index (χ0v) is 21.5. The van der Waals surface area contributed by atoms with Crippen LogP contribution in [0.15, 0.2) is 35.5 Å². The van der Waals surface area contributed by atoms with Crippen LogP contribution in [0.5, 0.6) is 0 Å². The maximum Gasteiger partial charge on any atom is 0.303 e. The molecule has 1 aliphatic rings. The predicted molar refractivity (Wildman–Crippen MR) is 127 cm³/mol. The Labute approximate surface area is 211 Å². The molecule has 36 heavy (non-hydrogen) atoms. The molecule has 1 fully saturated rings. The quantitative estimate of drug-likeness (QED) is 0.269. The molecule has 0 unspecified atom stereocenters. The van der Waals surface area contributed by atoms with Crippen molar-refractivity contribution in [2.75, 3.05) is 6.61 Å². The smallest absolute Gasteiger partial charge is 0.303 e. The highest BCUT2D eigenvalue weighted by molar-refractivity contribution is 7.86. The second-order valence-corrected chi connectivity index (χ2v) is 10.2. The van der Waals surface area contributed by atoms with E-state index in [0.29, 0.717) is 16.9 Å². The van der Waals surface area contributed by atoms with Gasteiger partial charge in [0.15, 0.2) is 18.0 Å². The monoisotopic (exact) mass is 536 g/mol. The molecule has 0 saturated carbocycles. The fourth-order valence-corrected chi connectivity index (χ4v) is 5.37. The van der Waals surface area contributed by atoms with Gasteiger partial charge < -0.3 is 19.2 Å². The third kappa shape index (κ3) is 5.16. The van der Waals surface area contributed by atoms with Crippen LogP contribution in [-0.2, 0) is 38.1 Å². The van der Waals surface area contributed by atoms with Gasteiger partial charge in [-0.15, -0.1) is 0 Å². The molecule has 192 valence electrons. The first-order valence-corrected chi connectivity index (χ1v) is 12.7. The van der Waals surface area contributed by atoms with E-state index >= 15 is 0 Å². The van der Waals surface area contributed by atoms with Gasteiger partial charge in [0.2, 0.25) is 4.77 Å². The summed E-state index contributed by atoms with van der Waals surface area (Å²) in [7, 11) is -4.33. The van der Waals surface area contributed by atoms with Crippen LogP contribution in [0.2, 0.25) is 0 Å². The second kappa shape index (κ2) is 10.0. The molecule has 0 spiro atoms. The Morgan fingerprint density at radius 2 is 1.83 bits per heavy atom. The van der Waals surface area contributed by atoms with Gasteiger partial charge >= 0.3 is 11.9 Å². The number of aromatic amines is 1. The number of aromatic nitrogens is 4. The lowest BCUT2D eigenvalue weighted by atomic mass is 10.1. The Kier molecular flexibility index (Phi) is 7.22. The maximum atomic E-state index is 13.2. The molecule has 0 aliphatic carbocycles. The number of nitrogens with zero attached hydrogens (tertiary/aromatic N) is 3. The van der Waals surface area contributed by atoms with E-state index in [2.05, 4.69) is 15.0 Å². The SMILES string of the molecule is CC(=O)OC[C@H]1O[C@@H](n2c(C)c3[nH]cnc3nc2=S)[C@H](OC(C)=O)[C@H]1OS(=O)(=O)c1ccc(C)cc1. The Hall–Kier alpha value is -3.20. The fourth-order valence-electron chi connectivity index (χ4n) is 3.94. The number of carbonyl (C=O) groups excluding carboxylic acids is 2. The summed E-state index contributed by atoms with van der Waals surface area (Å²) in [5.41, 5.74) is 2.34. The zero-order valence-electron chi connectivity index (χ0n) is 19.8. The zero-order chi connectivity index (χ0) is 26.2. The standard InChI is InChI=1S/C22H24N4O8S2/c1-11-5-7-15(8-6-11)36(29,30)34-18-16(9-31-13(3)27)33-21(19(18)32-14(4)28)26-12(2)17-20(24-10-23-17)25-22(26)35/h5-8,10,16,18-19,21H,9H2,1-4H3,(H,23,24,25,35)/t16-,18+,19-,21-/m1/s1. The van der Waals surface area contributed by atoms with Gasteiger partial charge in [0.05, 0.1) is 11.2 Å². The van der Waals surface area contributed by atoms with E-state index in [1.54, 1.807) is 19.1 Å². The third-order valence-electron chi connectivity index (χ3n) is 5.59. The summed E-state index contributed by atoms with van der Waals surface area (Å²) < 4.78 is 50.1. The van der Waals surface area contributed by atoms with Crippen molar-refractivity contribution in [3.63, 3.8) is 0 Å². The highest BCUT2D eigenvalue weighted by atomic mass is 32.2. The van der Waals surface area contributed by atoms with E-state index < -0.39 is 46.6 Å². The van der Waals surface area contributed by atoms with Crippen molar-refractivity contribution in [2.45, 2.75) is 57.1 Å². The van der Waals surface area contributed by atoms with Crippen LogP contribution in [0, 0.1) is 18.6 Å². The molecule has 1 saturated heterocycles. The molecule has 1 N–H and O–H groups in total. The van der Waals surface area contributed by atoms with Gasteiger partial charge in [-0.05, 0) is 38.2 Å². The molecule has 3 heterocycles. The van der Waals surface area contributed by atoms with Crippen molar-refractivity contribution in [2.24, 2.45) is 0 Å². The maximum absolute atomic E-state index is 13.2. The van der Waals surface area contributed by atoms with Gasteiger partial charge in [-0.25, -0.2) is 4.98 Å². The lowest BCUT2D eigenvalue weighted by Gasteiger charge is -2.25. The van der Waals surface area contributed by atoms with E-state index in [9.17, 15) is 18.0 Å². The number of aryl methyl sites for hydroxylation is 2. The molecule has 14 heteroatoms. The number of benzene rings is 1. The molecule has 1 aromatic carbocycles. The number of carbonyl (C=O) groups is 2. The van der Waals surface area contributed by atoms with E-state index in [1.807, 2.05) is 6.92 Å². The van der Waals surface area contributed by atoms with Crippen LogP contribution in [0.3, 0.4) is 0 Å². The van der Waals surface area contributed by atoms with Gasteiger partial charge in [0, 0.05) is 19.5 Å². The summed E-state index contributed by atoms with van der Waals surface area (Å²) in [5, 5.41) is 0. The molecule has 0 amide bonds. The number of hydrogen-bond donors (Lipinski definition) is 1. The van der Waals surface area contributed by atoms with E-state index in [-0.39, 0.29) is 16.3 Å². The minimum Gasteiger partial charge on any atom is -0.463 e. The van der Waals surface area contributed by atoms with E-state index in [4.69, 9.17) is 30.6 Å². The highest BCUT2D eigenvalue weighted by Gasteiger charge is 2.52. The number of esters is 2. The number of ether oxygens (including phenoxy) is 3. The lowest BCUT2D eigenvalue weighted by Crippen LogP contribution is -2.41. The molecular weight excluding hydrogens is 512 g/mol. The summed E-state index contributed by atoms with van der Waals surface area (Å²) >= 11 is 5.45. The van der Waals surface area contributed by atoms with Gasteiger partial charge in [-0.1, -0.05) is 17.7 Å². The van der Waals surface area contributed by atoms with Crippen LogP contribution in [0.25, 0.3) is 11.2 Å². The average Bonchev–Trinajstić information content (AvgIpc) is 3.38. The summed E-state index contributed by atoms with van der Waals surface area (Å²) in [6.45, 7) is 5.55. The summed E-state index contributed by atoms with van der Waals surface area (Å²) in [6.07, 6.45) is -3.46. The molecule has 3 aromatic rings. The largest absolute Gasteiger partial charge is 0.463 e. The van der Waals surface area contributed by atoms with Crippen molar-refractivity contribution >= 4 is 45.4 Å².